The Bertz CT molecular complexity index is 637. The first-order valence-corrected chi connectivity index (χ1v) is 7.77. The van der Waals surface area contributed by atoms with Gasteiger partial charge in [-0.2, -0.15) is 0 Å². The van der Waals surface area contributed by atoms with Crippen LogP contribution in [0.3, 0.4) is 0 Å². The van der Waals surface area contributed by atoms with Crippen LogP contribution in [0, 0.1) is 0 Å². The number of aryl methyl sites for hydroxylation is 2. The summed E-state index contributed by atoms with van der Waals surface area (Å²) in [6, 6.07) is 12.4. The monoisotopic (exact) mass is 331 g/mol. The molecule has 3 rings (SSSR count). The predicted molar refractivity (Wildman–Crippen MR) is 85.3 cm³/mol. The van der Waals surface area contributed by atoms with Gasteiger partial charge in [-0.1, -0.05) is 12.1 Å². The van der Waals surface area contributed by atoms with Crippen LogP contribution >= 0.6 is 15.9 Å². The van der Waals surface area contributed by atoms with Crippen LogP contribution in [0.1, 0.15) is 36.1 Å². The molecule has 104 valence electrons. The van der Waals surface area contributed by atoms with Crippen LogP contribution in [0.5, 0.6) is 11.5 Å². The maximum Gasteiger partial charge on any atom is 0.141 e. The summed E-state index contributed by atoms with van der Waals surface area (Å²) in [6.07, 6.45) is 3.62. The van der Waals surface area contributed by atoms with E-state index in [1.807, 2.05) is 25.1 Å². The molecular weight excluding hydrogens is 314 g/mol. The first-order chi connectivity index (χ1) is 9.63. The van der Waals surface area contributed by atoms with Crippen LogP contribution in [0.2, 0.25) is 0 Å². The topological polar surface area (TPSA) is 35.2 Å². The molecule has 0 radical (unpaired) electrons. The summed E-state index contributed by atoms with van der Waals surface area (Å²) in [5, 5.41) is 0. The number of halogens is 1. The Morgan fingerprint density at radius 2 is 1.90 bits per heavy atom. The van der Waals surface area contributed by atoms with Gasteiger partial charge in [0.25, 0.3) is 0 Å². The Morgan fingerprint density at radius 1 is 1.10 bits per heavy atom. The van der Waals surface area contributed by atoms with Gasteiger partial charge in [0.05, 0.1) is 4.47 Å². The molecule has 0 aliphatic heterocycles. The SMILES string of the molecule is CC(N)c1ccc(Oc2ccc3c(c2)CCC3)c(Br)c1. The van der Waals surface area contributed by atoms with Crippen molar-refractivity contribution in [2.45, 2.75) is 32.2 Å². The second kappa shape index (κ2) is 5.58. The largest absolute Gasteiger partial charge is 0.456 e. The van der Waals surface area contributed by atoms with Crippen molar-refractivity contribution in [3.63, 3.8) is 0 Å². The number of hydrogen-bond acceptors (Lipinski definition) is 2. The van der Waals surface area contributed by atoms with Crippen LogP contribution in [-0.4, -0.2) is 0 Å². The smallest absolute Gasteiger partial charge is 0.141 e. The van der Waals surface area contributed by atoms with Crippen molar-refractivity contribution >= 4 is 15.9 Å². The van der Waals surface area contributed by atoms with Gasteiger partial charge in [0, 0.05) is 6.04 Å². The minimum Gasteiger partial charge on any atom is -0.456 e. The molecule has 2 nitrogen and oxygen atoms in total. The summed E-state index contributed by atoms with van der Waals surface area (Å²) in [7, 11) is 0. The standard InChI is InChI=1S/C17H18BrNO/c1-11(19)13-6-8-17(16(18)10-13)20-15-7-5-12-3-2-4-14(12)9-15/h5-11H,2-4,19H2,1H3. The molecule has 2 aromatic rings. The Hall–Kier alpha value is -1.32. The van der Waals surface area contributed by atoms with E-state index in [9.17, 15) is 0 Å². The summed E-state index contributed by atoms with van der Waals surface area (Å²) in [6.45, 7) is 1.98. The molecule has 3 heteroatoms. The molecule has 0 aromatic heterocycles. The number of ether oxygens (including phenoxy) is 1. The summed E-state index contributed by atoms with van der Waals surface area (Å²) in [4.78, 5) is 0. The Kier molecular flexibility index (Phi) is 3.81. The lowest BCUT2D eigenvalue weighted by atomic mass is 10.1. The van der Waals surface area contributed by atoms with Gasteiger partial charge in [-0.15, -0.1) is 0 Å². The molecule has 20 heavy (non-hydrogen) atoms. The van der Waals surface area contributed by atoms with E-state index < -0.39 is 0 Å². The molecule has 1 aliphatic carbocycles. The maximum absolute atomic E-state index is 5.98. The van der Waals surface area contributed by atoms with E-state index in [1.54, 1.807) is 0 Å². The molecule has 0 saturated heterocycles. The average Bonchev–Trinajstić information content (AvgIpc) is 2.88. The van der Waals surface area contributed by atoms with Crippen molar-refractivity contribution < 1.29 is 4.74 Å². The molecule has 2 aromatic carbocycles. The molecule has 0 fully saturated rings. The number of benzene rings is 2. The van der Waals surface area contributed by atoms with Crippen LogP contribution in [0.25, 0.3) is 0 Å². The maximum atomic E-state index is 5.98. The highest BCUT2D eigenvalue weighted by Gasteiger charge is 2.12. The van der Waals surface area contributed by atoms with Gasteiger partial charge < -0.3 is 10.5 Å². The number of rotatable bonds is 3. The van der Waals surface area contributed by atoms with Crippen molar-refractivity contribution in [3.8, 4) is 11.5 Å². The Balaban J connectivity index is 1.84. The molecule has 2 N–H and O–H groups in total. The highest BCUT2D eigenvalue weighted by Crippen LogP contribution is 2.33. The summed E-state index contributed by atoms with van der Waals surface area (Å²) in [5.74, 6) is 1.73. The minimum absolute atomic E-state index is 0.0281. The molecule has 0 spiro atoms. The molecule has 1 atom stereocenters. The van der Waals surface area contributed by atoms with Crippen molar-refractivity contribution in [3.05, 3.63) is 57.6 Å². The van der Waals surface area contributed by atoms with Crippen LogP contribution in [0.15, 0.2) is 40.9 Å². The molecule has 0 saturated carbocycles. The minimum atomic E-state index is 0.0281. The predicted octanol–water partition coefficient (Wildman–Crippen LogP) is 4.75. The molecule has 0 heterocycles. The summed E-state index contributed by atoms with van der Waals surface area (Å²) < 4.78 is 6.92. The van der Waals surface area contributed by atoms with Crippen LogP contribution in [0.4, 0.5) is 0 Å². The highest BCUT2D eigenvalue weighted by molar-refractivity contribution is 9.10. The van der Waals surface area contributed by atoms with Crippen molar-refractivity contribution in [1.29, 1.82) is 0 Å². The lowest BCUT2D eigenvalue weighted by Gasteiger charge is -2.12. The van der Waals surface area contributed by atoms with E-state index in [2.05, 4.69) is 34.1 Å². The third-order valence-electron chi connectivity index (χ3n) is 3.78. The van der Waals surface area contributed by atoms with Crippen molar-refractivity contribution in [1.82, 2.24) is 0 Å². The van der Waals surface area contributed by atoms with E-state index in [1.165, 1.54) is 24.0 Å². The van der Waals surface area contributed by atoms with Gasteiger partial charge in [-0.3, -0.25) is 0 Å². The number of fused-ring (bicyclic) bond motifs is 1. The normalized spacial score (nSPS) is 14.9. The van der Waals surface area contributed by atoms with Crippen LogP contribution in [-0.2, 0) is 12.8 Å². The molecular formula is C17H18BrNO. The number of hydrogen-bond donors (Lipinski definition) is 1. The second-order valence-electron chi connectivity index (χ2n) is 5.36. The second-order valence-corrected chi connectivity index (χ2v) is 6.22. The van der Waals surface area contributed by atoms with Gasteiger partial charge in [0.1, 0.15) is 11.5 Å². The van der Waals surface area contributed by atoms with E-state index in [0.29, 0.717) is 0 Å². The highest BCUT2D eigenvalue weighted by atomic mass is 79.9. The molecule has 1 aliphatic rings. The van der Waals surface area contributed by atoms with E-state index in [4.69, 9.17) is 10.5 Å². The third-order valence-corrected chi connectivity index (χ3v) is 4.40. The van der Waals surface area contributed by atoms with Gasteiger partial charge in [-0.05, 0) is 83.1 Å². The quantitative estimate of drug-likeness (QED) is 0.880. The van der Waals surface area contributed by atoms with Crippen LogP contribution < -0.4 is 10.5 Å². The first-order valence-electron chi connectivity index (χ1n) is 6.98. The zero-order valence-corrected chi connectivity index (χ0v) is 13.1. The third kappa shape index (κ3) is 2.74. The van der Waals surface area contributed by atoms with Gasteiger partial charge in [0.2, 0.25) is 0 Å². The van der Waals surface area contributed by atoms with E-state index in [0.717, 1.165) is 28.0 Å². The lowest BCUT2D eigenvalue weighted by molar-refractivity contribution is 0.478. The van der Waals surface area contributed by atoms with Gasteiger partial charge in [0.15, 0.2) is 0 Å². The first kappa shape index (κ1) is 13.7. The van der Waals surface area contributed by atoms with Gasteiger partial charge >= 0.3 is 0 Å². The molecule has 0 bridgehead atoms. The fourth-order valence-electron chi connectivity index (χ4n) is 2.62. The Morgan fingerprint density at radius 3 is 2.65 bits per heavy atom. The van der Waals surface area contributed by atoms with Crippen molar-refractivity contribution in [2.24, 2.45) is 5.73 Å². The fraction of sp³-hybridized carbons (Fsp3) is 0.294. The zero-order valence-electron chi connectivity index (χ0n) is 11.5. The summed E-state index contributed by atoms with van der Waals surface area (Å²) >= 11 is 3.55. The average molecular weight is 332 g/mol. The van der Waals surface area contributed by atoms with E-state index in [-0.39, 0.29) is 6.04 Å². The summed E-state index contributed by atoms with van der Waals surface area (Å²) in [5.41, 5.74) is 9.86. The number of nitrogens with two attached hydrogens (primary N) is 1. The molecule has 1 unspecified atom stereocenters. The Labute approximate surface area is 128 Å². The fourth-order valence-corrected chi connectivity index (χ4v) is 3.10. The zero-order chi connectivity index (χ0) is 14.1. The molecule has 0 amide bonds. The lowest BCUT2D eigenvalue weighted by Crippen LogP contribution is -2.04. The van der Waals surface area contributed by atoms with Crippen molar-refractivity contribution in [2.75, 3.05) is 0 Å². The van der Waals surface area contributed by atoms with E-state index >= 15 is 0 Å². The van der Waals surface area contributed by atoms with Gasteiger partial charge in [-0.25, -0.2) is 0 Å².